The molecule has 4 rings (SSSR count). The van der Waals surface area contributed by atoms with E-state index in [1.807, 2.05) is 30.3 Å². The fourth-order valence-corrected chi connectivity index (χ4v) is 5.85. The van der Waals surface area contributed by atoms with Gasteiger partial charge in [-0.05, 0) is 81.4 Å². The van der Waals surface area contributed by atoms with Crippen molar-refractivity contribution in [2.75, 3.05) is 24.7 Å². The molecule has 1 aromatic heterocycles. The third-order valence-corrected chi connectivity index (χ3v) is 8.04. The Kier molecular flexibility index (Phi) is 7.16. The number of piperidine rings is 1. The van der Waals surface area contributed by atoms with Crippen LogP contribution in [0.25, 0.3) is 0 Å². The Morgan fingerprint density at radius 2 is 1.68 bits per heavy atom. The molecule has 1 amide bonds. The summed E-state index contributed by atoms with van der Waals surface area (Å²) in [6.07, 6.45) is 5.87. The first-order chi connectivity index (χ1) is 15.1. The second-order valence-corrected chi connectivity index (χ2v) is 10.2. The Hall–Kier alpha value is -2.08. The van der Waals surface area contributed by atoms with Crippen molar-refractivity contribution >= 4 is 34.0 Å². The van der Waals surface area contributed by atoms with Gasteiger partial charge < -0.3 is 5.32 Å². The fraction of sp³-hybridized carbons (Fsp3) is 0.346. The van der Waals surface area contributed by atoms with Crippen LogP contribution in [-0.4, -0.2) is 30.2 Å². The monoisotopic (exact) mass is 450 g/mol. The Balaban J connectivity index is 1.75. The highest BCUT2D eigenvalue weighted by molar-refractivity contribution is 7.98. The molecule has 0 bridgehead atoms. The van der Waals surface area contributed by atoms with Crippen LogP contribution in [0.2, 0.25) is 0 Å². The number of thiophene rings is 1. The number of aryl methyl sites for hydroxylation is 1. The van der Waals surface area contributed by atoms with E-state index in [9.17, 15) is 4.79 Å². The number of hydrogen-bond donors (Lipinski definition) is 1. The number of carbonyl (C=O) groups excluding carboxylic acids is 1. The number of thioether (sulfide) groups is 1. The molecule has 3 nitrogen and oxygen atoms in total. The molecule has 1 fully saturated rings. The molecular formula is C26H30N2OS2. The maximum absolute atomic E-state index is 13.0. The second-order valence-electron chi connectivity index (χ2n) is 8.12. The van der Waals surface area contributed by atoms with Crippen molar-refractivity contribution < 1.29 is 4.79 Å². The standard InChI is InChI=1S/C26H30N2OS2/c1-18-19(2)31-26(27-25(29)21-10-6-4-7-11-21)23(18)24(28-16-8-5-9-17-28)20-12-14-22(30-3)15-13-20/h4,6-7,10-15,24H,5,8-9,16-17H2,1-3H3,(H,27,29)/t24-/m1/s1. The van der Waals surface area contributed by atoms with Crippen molar-refractivity contribution in [3.05, 3.63) is 81.7 Å². The molecule has 5 heteroatoms. The second kappa shape index (κ2) is 10.0. The number of benzene rings is 2. The van der Waals surface area contributed by atoms with E-state index in [0.717, 1.165) is 18.1 Å². The smallest absolute Gasteiger partial charge is 0.256 e. The molecule has 162 valence electrons. The molecule has 31 heavy (non-hydrogen) atoms. The number of carbonyl (C=O) groups is 1. The van der Waals surface area contributed by atoms with Crippen molar-refractivity contribution in [1.29, 1.82) is 0 Å². The molecule has 0 unspecified atom stereocenters. The van der Waals surface area contributed by atoms with Crippen LogP contribution in [0.3, 0.4) is 0 Å². The van der Waals surface area contributed by atoms with Gasteiger partial charge in [0.15, 0.2) is 0 Å². The first kappa shape index (κ1) is 22.1. The van der Waals surface area contributed by atoms with Gasteiger partial charge in [-0.3, -0.25) is 9.69 Å². The van der Waals surface area contributed by atoms with Crippen LogP contribution in [0.15, 0.2) is 59.5 Å². The first-order valence-corrected chi connectivity index (χ1v) is 13.0. The minimum atomic E-state index is -0.0433. The summed E-state index contributed by atoms with van der Waals surface area (Å²) < 4.78 is 0. The van der Waals surface area contributed by atoms with Crippen molar-refractivity contribution in [3.63, 3.8) is 0 Å². The molecule has 1 N–H and O–H groups in total. The number of rotatable bonds is 6. The van der Waals surface area contributed by atoms with Crippen LogP contribution < -0.4 is 5.32 Å². The fourth-order valence-electron chi connectivity index (χ4n) is 4.35. The van der Waals surface area contributed by atoms with Gasteiger partial charge in [0, 0.05) is 20.9 Å². The van der Waals surface area contributed by atoms with E-state index < -0.39 is 0 Å². The van der Waals surface area contributed by atoms with Gasteiger partial charge in [-0.25, -0.2) is 0 Å². The number of nitrogens with zero attached hydrogens (tertiary/aromatic N) is 1. The molecule has 0 saturated carbocycles. The maximum atomic E-state index is 13.0. The van der Waals surface area contributed by atoms with E-state index >= 15 is 0 Å². The minimum Gasteiger partial charge on any atom is -0.313 e. The maximum Gasteiger partial charge on any atom is 0.256 e. The Labute approximate surface area is 193 Å². The molecule has 2 heterocycles. The highest BCUT2D eigenvalue weighted by atomic mass is 32.2. The zero-order valence-corrected chi connectivity index (χ0v) is 20.1. The summed E-state index contributed by atoms with van der Waals surface area (Å²) in [6.45, 7) is 6.54. The van der Waals surface area contributed by atoms with Gasteiger partial charge in [0.2, 0.25) is 0 Å². The first-order valence-electron chi connectivity index (χ1n) is 10.9. The summed E-state index contributed by atoms with van der Waals surface area (Å²) in [5.74, 6) is -0.0433. The summed E-state index contributed by atoms with van der Waals surface area (Å²) >= 11 is 3.46. The lowest BCUT2D eigenvalue weighted by atomic mass is 9.93. The zero-order valence-electron chi connectivity index (χ0n) is 18.5. The van der Waals surface area contributed by atoms with Gasteiger partial charge in [0.05, 0.1) is 6.04 Å². The number of anilines is 1. The van der Waals surface area contributed by atoms with E-state index in [4.69, 9.17) is 0 Å². The molecule has 2 aromatic carbocycles. The quantitative estimate of drug-likeness (QED) is 0.414. The average Bonchev–Trinajstić information content (AvgIpc) is 3.09. The summed E-state index contributed by atoms with van der Waals surface area (Å²) in [5.41, 5.74) is 4.54. The Morgan fingerprint density at radius 3 is 2.32 bits per heavy atom. The van der Waals surface area contributed by atoms with Gasteiger partial charge in [0.25, 0.3) is 5.91 Å². The van der Waals surface area contributed by atoms with E-state index in [-0.39, 0.29) is 11.9 Å². The number of nitrogens with one attached hydrogen (secondary N) is 1. The summed E-state index contributed by atoms with van der Waals surface area (Å²) in [7, 11) is 0. The van der Waals surface area contributed by atoms with E-state index in [0.29, 0.717) is 5.56 Å². The van der Waals surface area contributed by atoms with Gasteiger partial charge in [0.1, 0.15) is 5.00 Å². The Bertz CT molecular complexity index is 1020. The third kappa shape index (κ3) is 4.89. The highest BCUT2D eigenvalue weighted by Gasteiger charge is 2.30. The van der Waals surface area contributed by atoms with Crippen LogP contribution in [0.1, 0.15) is 57.2 Å². The average molecular weight is 451 g/mol. The van der Waals surface area contributed by atoms with Crippen molar-refractivity contribution in [1.82, 2.24) is 4.90 Å². The number of amides is 1. The number of likely N-dealkylation sites (tertiary alicyclic amines) is 1. The minimum absolute atomic E-state index is 0.0433. The van der Waals surface area contributed by atoms with Gasteiger partial charge in [-0.15, -0.1) is 23.1 Å². The lowest BCUT2D eigenvalue weighted by molar-refractivity contribution is 0.102. The molecule has 1 aliphatic rings. The van der Waals surface area contributed by atoms with Gasteiger partial charge >= 0.3 is 0 Å². The molecular weight excluding hydrogens is 420 g/mol. The van der Waals surface area contributed by atoms with Crippen molar-refractivity contribution in [2.24, 2.45) is 0 Å². The summed E-state index contributed by atoms with van der Waals surface area (Å²) in [6, 6.07) is 18.6. The largest absolute Gasteiger partial charge is 0.313 e. The lowest BCUT2D eigenvalue weighted by Crippen LogP contribution is -2.35. The third-order valence-electron chi connectivity index (χ3n) is 6.16. The normalized spacial score (nSPS) is 15.6. The molecule has 1 atom stereocenters. The lowest BCUT2D eigenvalue weighted by Gasteiger charge is -2.36. The predicted molar refractivity (Wildman–Crippen MR) is 134 cm³/mol. The van der Waals surface area contributed by atoms with Gasteiger partial charge in [-0.2, -0.15) is 0 Å². The Morgan fingerprint density at radius 1 is 1.00 bits per heavy atom. The summed E-state index contributed by atoms with van der Waals surface area (Å²) in [5, 5.41) is 4.23. The molecule has 0 spiro atoms. The molecule has 3 aromatic rings. The van der Waals surface area contributed by atoms with Crippen LogP contribution in [0.4, 0.5) is 5.00 Å². The molecule has 1 saturated heterocycles. The summed E-state index contributed by atoms with van der Waals surface area (Å²) in [4.78, 5) is 18.1. The van der Waals surface area contributed by atoms with Crippen LogP contribution >= 0.6 is 23.1 Å². The molecule has 0 radical (unpaired) electrons. The zero-order chi connectivity index (χ0) is 21.8. The number of hydrogen-bond acceptors (Lipinski definition) is 4. The predicted octanol–water partition coefficient (Wildman–Crippen LogP) is 6.91. The highest BCUT2D eigenvalue weighted by Crippen LogP contribution is 2.43. The SMILES string of the molecule is CSc1ccc([C@H](c2c(NC(=O)c3ccccc3)sc(C)c2C)N2CCCCC2)cc1. The van der Waals surface area contributed by atoms with Crippen molar-refractivity contribution in [3.8, 4) is 0 Å². The van der Waals surface area contributed by atoms with Gasteiger partial charge in [-0.1, -0.05) is 36.8 Å². The molecule has 0 aliphatic carbocycles. The van der Waals surface area contributed by atoms with Crippen LogP contribution in [0, 0.1) is 13.8 Å². The topological polar surface area (TPSA) is 32.3 Å². The van der Waals surface area contributed by atoms with E-state index in [1.165, 1.54) is 45.7 Å². The van der Waals surface area contributed by atoms with Crippen LogP contribution in [0.5, 0.6) is 0 Å². The van der Waals surface area contributed by atoms with E-state index in [1.54, 1.807) is 23.1 Å². The van der Waals surface area contributed by atoms with Crippen molar-refractivity contribution in [2.45, 2.75) is 44.0 Å². The van der Waals surface area contributed by atoms with E-state index in [2.05, 4.69) is 54.6 Å². The van der Waals surface area contributed by atoms with Crippen LogP contribution in [-0.2, 0) is 0 Å². The molecule has 1 aliphatic heterocycles.